The molecular formula is C24H34N2O6. The second-order valence-electron chi connectivity index (χ2n) is 9.89. The van der Waals surface area contributed by atoms with Crippen LogP contribution in [0.5, 0.6) is 11.6 Å². The van der Waals surface area contributed by atoms with Gasteiger partial charge in [-0.1, -0.05) is 6.07 Å². The van der Waals surface area contributed by atoms with E-state index in [2.05, 4.69) is 5.16 Å². The first-order valence-corrected chi connectivity index (χ1v) is 11.6. The zero-order valence-corrected chi connectivity index (χ0v) is 19.2. The summed E-state index contributed by atoms with van der Waals surface area (Å²) >= 11 is 0. The molecule has 0 radical (unpaired) electrons. The van der Waals surface area contributed by atoms with Crippen LogP contribution < -0.4 is 9.47 Å². The molecule has 1 aromatic carbocycles. The van der Waals surface area contributed by atoms with E-state index in [-0.39, 0.29) is 18.3 Å². The molecule has 1 aliphatic heterocycles. The molecule has 0 spiro atoms. The zero-order chi connectivity index (χ0) is 22.7. The lowest BCUT2D eigenvalue weighted by Crippen LogP contribution is -2.42. The van der Waals surface area contributed by atoms with Gasteiger partial charge in [0.15, 0.2) is 5.58 Å². The van der Waals surface area contributed by atoms with Crippen molar-refractivity contribution in [2.75, 3.05) is 19.7 Å². The Hall–Kier alpha value is -2.48. The van der Waals surface area contributed by atoms with Crippen molar-refractivity contribution in [3.05, 3.63) is 18.2 Å². The van der Waals surface area contributed by atoms with Crippen LogP contribution in [0.3, 0.4) is 0 Å². The molecule has 4 rings (SSSR count). The van der Waals surface area contributed by atoms with Crippen molar-refractivity contribution in [1.29, 1.82) is 0 Å². The summed E-state index contributed by atoms with van der Waals surface area (Å²) in [5, 5.41) is 14.6. The third-order valence-electron chi connectivity index (χ3n) is 6.09. The predicted octanol–water partition coefficient (Wildman–Crippen LogP) is 4.54. The number of likely N-dealkylation sites (tertiary alicyclic amines) is 1. The summed E-state index contributed by atoms with van der Waals surface area (Å²) in [5.41, 5.74) is 0.149. The van der Waals surface area contributed by atoms with Crippen LogP contribution in [-0.2, 0) is 4.74 Å². The number of amides is 1. The Balaban J connectivity index is 1.34. The third-order valence-corrected chi connectivity index (χ3v) is 6.09. The van der Waals surface area contributed by atoms with Crippen molar-refractivity contribution in [1.82, 2.24) is 10.1 Å². The first kappa shape index (κ1) is 22.7. The summed E-state index contributed by atoms with van der Waals surface area (Å²) in [6, 6.07) is 5.65. The Bertz CT molecular complexity index is 905. The van der Waals surface area contributed by atoms with E-state index >= 15 is 0 Å². The Morgan fingerprint density at radius 2 is 1.88 bits per heavy atom. The fourth-order valence-corrected chi connectivity index (χ4v) is 4.28. The van der Waals surface area contributed by atoms with Crippen LogP contribution >= 0.6 is 0 Å². The van der Waals surface area contributed by atoms with Gasteiger partial charge in [0.25, 0.3) is 5.88 Å². The SMILES string of the molecule is CC(C)(C)OC(=O)N1CCC(COc2noc3cccc(O[C@H]4CC[C@H](O)CC4)c23)CC1. The summed E-state index contributed by atoms with van der Waals surface area (Å²) in [5.74, 6) is 1.48. The van der Waals surface area contributed by atoms with E-state index in [0.717, 1.165) is 43.9 Å². The van der Waals surface area contributed by atoms with Gasteiger partial charge in [-0.15, -0.1) is 0 Å². The van der Waals surface area contributed by atoms with E-state index in [0.29, 0.717) is 42.8 Å². The van der Waals surface area contributed by atoms with Crippen molar-refractivity contribution >= 4 is 17.1 Å². The summed E-state index contributed by atoms with van der Waals surface area (Å²) < 4.78 is 23.2. The number of fused-ring (bicyclic) bond motifs is 1. The molecule has 176 valence electrons. The maximum atomic E-state index is 12.3. The number of ether oxygens (including phenoxy) is 3. The van der Waals surface area contributed by atoms with Gasteiger partial charge in [-0.2, -0.15) is 0 Å². The number of hydrogen-bond donors (Lipinski definition) is 1. The first-order valence-electron chi connectivity index (χ1n) is 11.6. The van der Waals surface area contributed by atoms with Gasteiger partial charge in [0.1, 0.15) is 16.7 Å². The monoisotopic (exact) mass is 446 g/mol. The largest absolute Gasteiger partial charge is 0.489 e. The lowest BCUT2D eigenvalue weighted by molar-refractivity contribution is 0.0163. The standard InChI is InChI=1S/C24H34N2O6/c1-24(2,3)31-23(28)26-13-11-16(12-14-26)15-29-22-21-19(5-4-6-20(21)32-25-22)30-18-9-7-17(27)8-10-18/h4-6,16-18,27H,7-15H2,1-3H3/t17-,18-. The number of aliphatic hydroxyl groups is 1. The molecule has 32 heavy (non-hydrogen) atoms. The Labute approximate surface area is 188 Å². The first-order chi connectivity index (χ1) is 15.3. The van der Waals surface area contributed by atoms with E-state index < -0.39 is 5.60 Å². The van der Waals surface area contributed by atoms with Crippen molar-refractivity contribution in [2.45, 2.75) is 77.1 Å². The van der Waals surface area contributed by atoms with Gasteiger partial charge in [-0.05, 0) is 82.5 Å². The minimum Gasteiger partial charge on any atom is -0.489 e. The quantitative estimate of drug-likeness (QED) is 0.721. The minimum atomic E-state index is -0.484. The van der Waals surface area contributed by atoms with Crippen molar-refractivity contribution in [3.63, 3.8) is 0 Å². The van der Waals surface area contributed by atoms with E-state index in [1.165, 1.54) is 0 Å². The third kappa shape index (κ3) is 5.65. The molecular weight excluding hydrogens is 412 g/mol. The Morgan fingerprint density at radius 1 is 1.16 bits per heavy atom. The molecule has 8 heteroatoms. The average Bonchev–Trinajstić information content (AvgIpc) is 3.17. The highest BCUT2D eigenvalue weighted by Crippen LogP contribution is 2.36. The van der Waals surface area contributed by atoms with E-state index in [1.807, 2.05) is 39.0 Å². The number of nitrogens with zero attached hydrogens (tertiary/aromatic N) is 2. The molecule has 1 aromatic heterocycles. The molecule has 1 amide bonds. The maximum absolute atomic E-state index is 12.3. The van der Waals surface area contributed by atoms with Crippen LogP contribution in [0.4, 0.5) is 4.79 Å². The lowest BCUT2D eigenvalue weighted by Gasteiger charge is -2.33. The summed E-state index contributed by atoms with van der Waals surface area (Å²) in [6.45, 7) is 7.46. The van der Waals surface area contributed by atoms with Crippen LogP contribution in [0.2, 0.25) is 0 Å². The van der Waals surface area contributed by atoms with Crippen LogP contribution in [-0.4, -0.2) is 58.8 Å². The van der Waals surface area contributed by atoms with Gasteiger partial charge in [0.05, 0.1) is 18.8 Å². The molecule has 1 saturated carbocycles. The van der Waals surface area contributed by atoms with E-state index in [9.17, 15) is 9.90 Å². The van der Waals surface area contributed by atoms with Gasteiger partial charge in [-0.3, -0.25) is 0 Å². The smallest absolute Gasteiger partial charge is 0.410 e. The second kappa shape index (κ2) is 9.57. The number of hydrogen-bond acceptors (Lipinski definition) is 7. The molecule has 2 heterocycles. The summed E-state index contributed by atoms with van der Waals surface area (Å²) in [6.07, 6.45) is 4.48. The molecule has 1 saturated heterocycles. The van der Waals surface area contributed by atoms with Crippen molar-refractivity contribution in [2.24, 2.45) is 5.92 Å². The number of carbonyl (C=O) groups excluding carboxylic acids is 1. The normalized spacial score (nSPS) is 22.7. The Kier molecular flexibility index (Phi) is 6.79. The summed E-state index contributed by atoms with van der Waals surface area (Å²) in [4.78, 5) is 14.0. The number of benzene rings is 1. The van der Waals surface area contributed by atoms with Crippen molar-refractivity contribution < 1.29 is 28.6 Å². The van der Waals surface area contributed by atoms with Crippen LogP contribution in [0.15, 0.2) is 22.7 Å². The van der Waals surface area contributed by atoms with Crippen LogP contribution in [0, 0.1) is 5.92 Å². The van der Waals surface area contributed by atoms with E-state index in [4.69, 9.17) is 18.7 Å². The number of aromatic nitrogens is 1. The lowest BCUT2D eigenvalue weighted by atomic mass is 9.95. The van der Waals surface area contributed by atoms with Gasteiger partial charge < -0.3 is 28.7 Å². The van der Waals surface area contributed by atoms with Crippen molar-refractivity contribution in [3.8, 4) is 11.6 Å². The van der Waals surface area contributed by atoms with Crippen LogP contribution in [0.1, 0.15) is 59.3 Å². The van der Waals surface area contributed by atoms with Gasteiger partial charge in [0.2, 0.25) is 0 Å². The molecule has 0 bridgehead atoms. The predicted molar refractivity (Wildman–Crippen MR) is 119 cm³/mol. The Morgan fingerprint density at radius 3 is 2.56 bits per heavy atom. The molecule has 1 aliphatic carbocycles. The number of aliphatic hydroxyl groups excluding tert-OH is 1. The van der Waals surface area contributed by atoms with E-state index in [1.54, 1.807) is 4.90 Å². The second-order valence-corrected chi connectivity index (χ2v) is 9.89. The van der Waals surface area contributed by atoms with Gasteiger partial charge in [0, 0.05) is 13.1 Å². The summed E-state index contributed by atoms with van der Waals surface area (Å²) in [7, 11) is 0. The fourth-order valence-electron chi connectivity index (χ4n) is 4.28. The number of rotatable bonds is 5. The molecule has 8 nitrogen and oxygen atoms in total. The number of carbonyl (C=O) groups is 1. The maximum Gasteiger partial charge on any atom is 0.410 e. The molecule has 2 aromatic rings. The van der Waals surface area contributed by atoms with Crippen LogP contribution in [0.25, 0.3) is 11.0 Å². The molecule has 0 unspecified atom stereocenters. The highest BCUT2D eigenvalue weighted by molar-refractivity contribution is 5.88. The topological polar surface area (TPSA) is 94.3 Å². The average molecular weight is 447 g/mol. The highest BCUT2D eigenvalue weighted by atomic mass is 16.6. The fraction of sp³-hybridized carbons (Fsp3) is 0.667. The minimum absolute atomic E-state index is 0.0731. The molecule has 0 atom stereocenters. The molecule has 2 fully saturated rings. The molecule has 2 aliphatic rings. The highest BCUT2D eigenvalue weighted by Gasteiger charge is 2.28. The van der Waals surface area contributed by atoms with Gasteiger partial charge in [-0.25, -0.2) is 4.79 Å². The van der Waals surface area contributed by atoms with Gasteiger partial charge >= 0.3 is 6.09 Å². The zero-order valence-electron chi connectivity index (χ0n) is 19.2. The number of piperidine rings is 1. The molecule has 1 N–H and O–H groups in total.